The van der Waals surface area contributed by atoms with Crippen molar-refractivity contribution in [3.8, 4) is 0 Å². The zero-order chi connectivity index (χ0) is 13.1. The van der Waals surface area contributed by atoms with Crippen molar-refractivity contribution >= 4 is 12.2 Å². The fraction of sp³-hybridized carbons (Fsp3) is 0.800. The number of ether oxygens (including phenoxy) is 4. The molecule has 0 aromatic carbocycles. The van der Waals surface area contributed by atoms with E-state index in [1.807, 2.05) is 0 Å². The second kappa shape index (κ2) is 9.86. The number of carbonyl (C=O) groups is 2. The van der Waals surface area contributed by atoms with Crippen molar-refractivity contribution in [2.24, 2.45) is 0 Å². The maximum Gasteiger partial charge on any atom is 0.419 e. The Morgan fingerprint density at radius 2 is 1.29 bits per heavy atom. The summed E-state index contributed by atoms with van der Waals surface area (Å²) in [6.07, 6.45) is -1.49. The van der Waals surface area contributed by atoms with Crippen molar-refractivity contribution < 1.29 is 28.5 Å². The maximum absolute atomic E-state index is 11.4. The number of hydrogen-bond acceptors (Lipinski definition) is 6. The van der Waals surface area contributed by atoms with Crippen molar-refractivity contribution in [3.05, 3.63) is 0 Å². The van der Waals surface area contributed by atoms with E-state index in [2.05, 4.69) is 0 Å². The third-order valence-corrected chi connectivity index (χ3v) is 1.78. The Balaban J connectivity index is 4.01. The van der Waals surface area contributed by atoms with Crippen LogP contribution in [0.3, 0.4) is 0 Å². The van der Waals surface area contributed by atoms with Gasteiger partial charge in [-0.15, -0.1) is 0 Å². The quantitative estimate of drug-likeness (QED) is 0.623. The number of nitrogens with zero attached hydrogens (tertiary/aromatic N) is 1. The van der Waals surface area contributed by atoms with Gasteiger partial charge in [0.2, 0.25) is 0 Å². The highest BCUT2D eigenvalue weighted by atomic mass is 16.6. The Bertz CT molecular complexity index is 211. The molecule has 0 aliphatic heterocycles. The second-order valence-corrected chi connectivity index (χ2v) is 2.96. The molecule has 0 radical (unpaired) electrons. The summed E-state index contributed by atoms with van der Waals surface area (Å²) in [5.74, 6) is 0. The fourth-order valence-electron chi connectivity index (χ4n) is 0.913. The molecule has 0 rings (SSSR count). The maximum atomic E-state index is 11.4. The van der Waals surface area contributed by atoms with Crippen LogP contribution in [0.5, 0.6) is 0 Å². The molecule has 0 atom stereocenters. The van der Waals surface area contributed by atoms with Crippen LogP contribution in [0.4, 0.5) is 9.59 Å². The standard InChI is InChI=1S/C10H19NO6/c1-4-11(9(12)16-7-5-14-2)10(13)17-8-6-15-3/h4-8H2,1-3H3. The Morgan fingerprint density at radius 3 is 1.59 bits per heavy atom. The summed E-state index contributed by atoms with van der Waals surface area (Å²) in [7, 11) is 2.98. The van der Waals surface area contributed by atoms with Gasteiger partial charge in [0, 0.05) is 20.8 Å². The van der Waals surface area contributed by atoms with Crippen molar-refractivity contribution in [2.75, 3.05) is 47.2 Å². The lowest BCUT2D eigenvalue weighted by Crippen LogP contribution is -2.38. The summed E-state index contributed by atoms with van der Waals surface area (Å²) < 4.78 is 19.0. The molecule has 0 N–H and O–H groups in total. The monoisotopic (exact) mass is 249 g/mol. The lowest BCUT2D eigenvalue weighted by atomic mass is 10.6. The Labute approximate surface area is 101 Å². The van der Waals surface area contributed by atoms with Crippen molar-refractivity contribution in [1.82, 2.24) is 4.90 Å². The van der Waals surface area contributed by atoms with Gasteiger partial charge in [-0.1, -0.05) is 0 Å². The van der Waals surface area contributed by atoms with Crippen LogP contribution in [0.15, 0.2) is 0 Å². The van der Waals surface area contributed by atoms with Gasteiger partial charge in [0.15, 0.2) is 0 Å². The minimum atomic E-state index is -0.744. The van der Waals surface area contributed by atoms with Gasteiger partial charge in [0.1, 0.15) is 13.2 Å². The molecule has 7 heteroatoms. The Hall–Kier alpha value is -1.34. The molecular formula is C10H19NO6. The molecule has 0 aromatic heterocycles. The van der Waals surface area contributed by atoms with Crippen LogP contribution in [0.2, 0.25) is 0 Å². The zero-order valence-corrected chi connectivity index (χ0v) is 10.4. The summed E-state index contributed by atoms with van der Waals surface area (Å²) in [5.41, 5.74) is 0. The zero-order valence-electron chi connectivity index (χ0n) is 10.4. The van der Waals surface area contributed by atoms with Gasteiger partial charge in [-0.3, -0.25) is 0 Å². The fourth-order valence-corrected chi connectivity index (χ4v) is 0.913. The number of methoxy groups -OCH3 is 2. The number of carbonyl (C=O) groups excluding carboxylic acids is 2. The van der Waals surface area contributed by atoms with E-state index in [4.69, 9.17) is 18.9 Å². The van der Waals surface area contributed by atoms with E-state index in [0.29, 0.717) is 0 Å². The largest absolute Gasteiger partial charge is 0.447 e. The highest BCUT2D eigenvalue weighted by Gasteiger charge is 2.22. The minimum Gasteiger partial charge on any atom is -0.447 e. The van der Waals surface area contributed by atoms with Crippen molar-refractivity contribution in [3.63, 3.8) is 0 Å². The van der Waals surface area contributed by atoms with Crippen LogP contribution in [-0.2, 0) is 18.9 Å². The lowest BCUT2D eigenvalue weighted by Gasteiger charge is -2.17. The van der Waals surface area contributed by atoms with Crippen LogP contribution in [-0.4, -0.2) is 64.3 Å². The molecular weight excluding hydrogens is 230 g/mol. The van der Waals surface area contributed by atoms with Gasteiger partial charge < -0.3 is 18.9 Å². The smallest absolute Gasteiger partial charge is 0.419 e. The van der Waals surface area contributed by atoms with E-state index in [1.165, 1.54) is 14.2 Å². The third kappa shape index (κ3) is 6.75. The second-order valence-electron chi connectivity index (χ2n) is 2.96. The van der Waals surface area contributed by atoms with Gasteiger partial charge in [0.25, 0.3) is 0 Å². The predicted octanol–water partition coefficient (Wildman–Crippen LogP) is 0.874. The molecule has 100 valence electrons. The van der Waals surface area contributed by atoms with Gasteiger partial charge in [0.05, 0.1) is 13.2 Å². The topological polar surface area (TPSA) is 74.3 Å². The van der Waals surface area contributed by atoms with Gasteiger partial charge >= 0.3 is 12.2 Å². The molecule has 0 saturated carbocycles. The number of hydrogen-bond donors (Lipinski definition) is 0. The highest BCUT2D eigenvalue weighted by Crippen LogP contribution is 1.98. The van der Waals surface area contributed by atoms with Crippen molar-refractivity contribution in [1.29, 1.82) is 0 Å². The van der Waals surface area contributed by atoms with Gasteiger partial charge in [-0.25, -0.2) is 14.5 Å². The molecule has 2 amide bonds. The van der Waals surface area contributed by atoms with Crippen LogP contribution in [0, 0.1) is 0 Å². The summed E-state index contributed by atoms with van der Waals surface area (Å²) >= 11 is 0. The molecule has 0 aliphatic carbocycles. The van der Waals surface area contributed by atoms with Crippen LogP contribution < -0.4 is 0 Å². The molecule has 0 spiro atoms. The molecule has 0 heterocycles. The van der Waals surface area contributed by atoms with E-state index in [1.54, 1.807) is 6.92 Å². The normalized spacial score (nSPS) is 9.82. The number of rotatable bonds is 7. The van der Waals surface area contributed by atoms with E-state index in [0.717, 1.165) is 4.90 Å². The first-order chi connectivity index (χ1) is 8.17. The Morgan fingerprint density at radius 1 is 0.882 bits per heavy atom. The van der Waals surface area contributed by atoms with Crippen LogP contribution in [0.25, 0.3) is 0 Å². The third-order valence-electron chi connectivity index (χ3n) is 1.78. The molecule has 0 aromatic rings. The average Bonchev–Trinajstić information content (AvgIpc) is 2.30. The van der Waals surface area contributed by atoms with E-state index in [9.17, 15) is 9.59 Å². The van der Waals surface area contributed by atoms with Crippen molar-refractivity contribution in [2.45, 2.75) is 6.92 Å². The van der Waals surface area contributed by atoms with E-state index in [-0.39, 0.29) is 33.0 Å². The summed E-state index contributed by atoms with van der Waals surface area (Å²) in [6.45, 7) is 2.57. The molecule has 0 unspecified atom stereocenters. The first-order valence-electron chi connectivity index (χ1n) is 5.26. The van der Waals surface area contributed by atoms with Gasteiger partial charge in [-0.05, 0) is 6.92 Å². The number of amides is 2. The Kier molecular flexibility index (Phi) is 9.08. The summed E-state index contributed by atoms with van der Waals surface area (Å²) in [6, 6.07) is 0. The van der Waals surface area contributed by atoms with Crippen LogP contribution >= 0.6 is 0 Å². The minimum absolute atomic E-state index is 0.0944. The first kappa shape index (κ1) is 15.7. The highest BCUT2D eigenvalue weighted by molar-refractivity contribution is 5.87. The van der Waals surface area contributed by atoms with Crippen LogP contribution in [0.1, 0.15) is 6.92 Å². The molecule has 0 aliphatic rings. The molecule has 17 heavy (non-hydrogen) atoms. The summed E-state index contributed by atoms with van der Waals surface area (Å²) in [5, 5.41) is 0. The molecule has 7 nitrogen and oxygen atoms in total. The number of imide groups is 1. The summed E-state index contributed by atoms with van der Waals surface area (Å²) in [4.78, 5) is 23.7. The lowest BCUT2D eigenvalue weighted by molar-refractivity contribution is 0.0517. The molecule has 0 bridgehead atoms. The first-order valence-corrected chi connectivity index (χ1v) is 5.26. The molecule has 0 fully saturated rings. The van der Waals surface area contributed by atoms with E-state index < -0.39 is 12.2 Å². The molecule has 0 saturated heterocycles. The average molecular weight is 249 g/mol. The van der Waals surface area contributed by atoms with Gasteiger partial charge in [-0.2, -0.15) is 0 Å². The predicted molar refractivity (Wildman–Crippen MR) is 58.8 cm³/mol. The SMILES string of the molecule is CCN(C(=O)OCCOC)C(=O)OCCOC. The van der Waals surface area contributed by atoms with E-state index >= 15 is 0 Å².